The number of halogens is 2. The Bertz CT molecular complexity index is 1380. The van der Waals surface area contributed by atoms with Crippen LogP contribution < -0.4 is 9.47 Å². The van der Waals surface area contributed by atoms with Crippen LogP contribution in [-0.2, 0) is 17.8 Å². The predicted molar refractivity (Wildman–Crippen MR) is 133 cm³/mol. The first kappa shape index (κ1) is 23.4. The Kier molecular flexibility index (Phi) is 6.28. The maximum Gasteiger partial charge on any atom is 0.337 e. The lowest BCUT2D eigenvalue weighted by Gasteiger charge is -2.30. The lowest BCUT2D eigenvalue weighted by Crippen LogP contribution is -2.31. The Hall–Kier alpha value is -3.32. The molecule has 178 valence electrons. The number of carbonyl (C=O) groups excluding carboxylic acids is 2. The first-order chi connectivity index (χ1) is 16.8. The number of benzene rings is 3. The van der Waals surface area contributed by atoms with Gasteiger partial charge >= 0.3 is 5.97 Å². The molecule has 3 aromatic carbocycles. The summed E-state index contributed by atoms with van der Waals surface area (Å²) in [7, 11) is 1.33. The van der Waals surface area contributed by atoms with E-state index >= 15 is 0 Å². The molecule has 35 heavy (non-hydrogen) atoms. The molecule has 5 rings (SSSR count). The Morgan fingerprint density at radius 3 is 2.60 bits per heavy atom. The van der Waals surface area contributed by atoms with Gasteiger partial charge in [-0.25, -0.2) is 4.79 Å². The van der Waals surface area contributed by atoms with Gasteiger partial charge in [0.15, 0.2) is 5.76 Å². The van der Waals surface area contributed by atoms with Gasteiger partial charge in [0, 0.05) is 13.1 Å². The normalized spacial score (nSPS) is 15.9. The molecular weight excluding hydrogens is 489 g/mol. The molecule has 0 atom stereocenters. The number of hydrogen-bond acceptors (Lipinski definition) is 6. The Morgan fingerprint density at radius 1 is 1.11 bits per heavy atom. The molecule has 0 radical (unpaired) electrons. The van der Waals surface area contributed by atoms with E-state index in [0.717, 1.165) is 22.3 Å². The smallest absolute Gasteiger partial charge is 0.337 e. The summed E-state index contributed by atoms with van der Waals surface area (Å²) in [4.78, 5) is 27.0. The highest BCUT2D eigenvalue weighted by Crippen LogP contribution is 2.44. The molecule has 2 aliphatic heterocycles. The second kappa shape index (κ2) is 9.38. The van der Waals surface area contributed by atoms with E-state index in [-0.39, 0.29) is 11.5 Å². The van der Waals surface area contributed by atoms with Gasteiger partial charge in [0.05, 0.1) is 33.8 Å². The molecule has 0 aliphatic carbocycles. The van der Waals surface area contributed by atoms with Gasteiger partial charge in [0.2, 0.25) is 5.78 Å². The van der Waals surface area contributed by atoms with Gasteiger partial charge < -0.3 is 14.2 Å². The molecule has 0 saturated heterocycles. The predicted octanol–water partition coefficient (Wildman–Crippen LogP) is 6.06. The minimum atomic E-state index is -0.419. The Balaban J connectivity index is 1.41. The minimum Gasteiger partial charge on any atom is -0.478 e. The summed E-state index contributed by atoms with van der Waals surface area (Å²) < 4.78 is 16.9. The number of ketones is 1. The first-order valence-corrected chi connectivity index (χ1v) is 11.7. The van der Waals surface area contributed by atoms with Crippen molar-refractivity contribution in [2.45, 2.75) is 20.0 Å². The molecule has 6 nitrogen and oxygen atoms in total. The summed E-state index contributed by atoms with van der Waals surface area (Å²) in [5.74, 6) is 0.866. The maximum atomic E-state index is 13.2. The summed E-state index contributed by atoms with van der Waals surface area (Å²) in [6.45, 7) is 3.42. The molecule has 8 heteroatoms. The van der Waals surface area contributed by atoms with E-state index in [1.807, 2.05) is 25.1 Å². The zero-order valence-electron chi connectivity index (χ0n) is 19.1. The van der Waals surface area contributed by atoms with Crippen molar-refractivity contribution < 1.29 is 23.8 Å². The topological polar surface area (TPSA) is 65.1 Å². The van der Waals surface area contributed by atoms with E-state index in [2.05, 4.69) is 4.90 Å². The molecule has 0 spiro atoms. The van der Waals surface area contributed by atoms with Crippen molar-refractivity contribution >= 4 is 41.0 Å². The Labute approximate surface area is 212 Å². The standard InChI is InChI=1S/C27H21Cl2NO5/c1-15-9-22-19(13-30(14-34-22)12-17-5-8-20(28)21(29)10-17)26-24(15)25(31)23(35-26)11-16-3-6-18(7-4-16)27(32)33-2/h3-11H,12-14H2,1-2H3/b23-11-. The third-order valence-electron chi connectivity index (χ3n) is 6.01. The number of methoxy groups -OCH3 is 1. The molecule has 2 heterocycles. The van der Waals surface area contributed by atoms with Crippen molar-refractivity contribution in [2.75, 3.05) is 13.8 Å². The molecule has 0 aromatic heterocycles. The van der Waals surface area contributed by atoms with E-state index in [0.29, 0.717) is 52.5 Å². The van der Waals surface area contributed by atoms with Crippen molar-refractivity contribution in [3.05, 3.63) is 97.7 Å². The molecule has 0 fully saturated rings. The van der Waals surface area contributed by atoms with Crippen molar-refractivity contribution in [3.8, 4) is 11.5 Å². The lowest BCUT2D eigenvalue weighted by molar-refractivity contribution is 0.0600. The quantitative estimate of drug-likeness (QED) is 0.314. The van der Waals surface area contributed by atoms with Crippen LogP contribution in [0.2, 0.25) is 10.0 Å². The highest BCUT2D eigenvalue weighted by atomic mass is 35.5. The number of hydrogen-bond donors (Lipinski definition) is 0. The van der Waals surface area contributed by atoms with E-state index in [9.17, 15) is 9.59 Å². The zero-order valence-corrected chi connectivity index (χ0v) is 20.6. The summed E-state index contributed by atoms with van der Waals surface area (Å²) in [6.07, 6.45) is 1.67. The van der Waals surface area contributed by atoms with Gasteiger partial charge in [0.1, 0.15) is 18.2 Å². The van der Waals surface area contributed by atoms with Crippen molar-refractivity contribution in [3.63, 3.8) is 0 Å². The van der Waals surface area contributed by atoms with Crippen LogP contribution in [0.15, 0.2) is 54.3 Å². The van der Waals surface area contributed by atoms with Gasteiger partial charge in [-0.3, -0.25) is 9.69 Å². The zero-order chi connectivity index (χ0) is 24.7. The highest BCUT2D eigenvalue weighted by Gasteiger charge is 2.35. The van der Waals surface area contributed by atoms with Crippen LogP contribution in [-0.4, -0.2) is 30.5 Å². The molecule has 2 aliphatic rings. The lowest BCUT2D eigenvalue weighted by atomic mass is 9.98. The molecule has 0 saturated carbocycles. The average Bonchev–Trinajstić information content (AvgIpc) is 3.18. The number of allylic oxidation sites excluding steroid dienone is 1. The van der Waals surface area contributed by atoms with E-state index in [1.54, 1.807) is 36.4 Å². The van der Waals surface area contributed by atoms with Crippen LogP contribution >= 0.6 is 23.2 Å². The van der Waals surface area contributed by atoms with Crippen LogP contribution in [0.3, 0.4) is 0 Å². The number of fused-ring (bicyclic) bond motifs is 3. The summed E-state index contributed by atoms with van der Waals surface area (Å²) in [5.41, 5.74) is 4.34. The van der Waals surface area contributed by atoms with Crippen LogP contribution in [0.4, 0.5) is 0 Å². The molecule has 0 unspecified atom stereocenters. The van der Waals surface area contributed by atoms with Gasteiger partial charge in [-0.1, -0.05) is 41.4 Å². The number of Topliss-reactive ketones (excluding diaryl/α,β-unsaturated/α-hetero) is 1. The second-order valence-corrected chi connectivity index (χ2v) is 9.25. The molecule has 3 aromatic rings. The van der Waals surface area contributed by atoms with Crippen molar-refractivity contribution in [1.82, 2.24) is 4.90 Å². The fraction of sp³-hybridized carbons (Fsp3) is 0.185. The first-order valence-electron chi connectivity index (χ1n) is 10.9. The summed E-state index contributed by atoms with van der Waals surface area (Å²) in [5, 5.41) is 1.01. The number of esters is 1. The number of carbonyl (C=O) groups is 2. The summed E-state index contributed by atoms with van der Waals surface area (Å²) >= 11 is 12.2. The van der Waals surface area contributed by atoms with Gasteiger partial charge in [0.25, 0.3) is 0 Å². The van der Waals surface area contributed by atoms with Crippen molar-refractivity contribution in [1.29, 1.82) is 0 Å². The molecule has 0 N–H and O–H groups in total. The monoisotopic (exact) mass is 509 g/mol. The van der Waals surface area contributed by atoms with Crippen LogP contribution in [0.25, 0.3) is 6.08 Å². The van der Waals surface area contributed by atoms with Crippen LogP contribution in [0.1, 0.15) is 43.0 Å². The minimum absolute atomic E-state index is 0.182. The van der Waals surface area contributed by atoms with E-state index < -0.39 is 5.97 Å². The molecule has 0 amide bonds. The van der Waals surface area contributed by atoms with Crippen LogP contribution in [0, 0.1) is 6.92 Å². The number of nitrogens with zero attached hydrogens (tertiary/aromatic N) is 1. The third kappa shape index (κ3) is 4.52. The largest absolute Gasteiger partial charge is 0.478 e. The Morgan fingerprint density at radius 2 is 1.89 bits per heavy atom. The second-order valence-electron chi connectivity index (χ2n) is 8.44. The van der Waals surface area contributed by atoms with Gasteiger partial charge in [-0.05, 0) is 60.0 Å². The fourth-order valence-corrected chi connectivity index (χ4v) is 4.58. The third-order valence-corrected chi connectivity index (χ3v) is 6.75. The summed E-state index contributed by atoms with van der Waals surface area (Å²) in [6, 6.07) is 14.2. The fourth-order valence-electron chi connectivity index (χ4n) is 4.26. The maximum absolute atomic E-state index is 13.2. The number of ether oxygens (including phenoxy) is 3. The van der Waals surface area contributed by atoms with E-state index in [4.69, 9.17) is 37.4 Å². The van der Waals surface area contributed by atoms with E-state index in [1.165, 1.54) is 7.11 Å². The number of rotatable bonds is 4. The highest BCUT2D eigenvalue weighted by molar-refractivity contribution is 6.42. The van der Waals surface area contributed by atoms with Crippen molar-refractivity contribution in [2.24, 2.45) is 0 Å². The SMILES string of the molecule is COC(=O)c1ccc(/C=C2\Oc3c4c(cc(C)c3C2=O)OCN(Cc2ccc(Cl)c(Cl)c2)C4)cc1. The molecular formula is C27H21Cl2NO5. The average molecular weight is 510 g/mol. The molecule has 0 bridgehead atoms. The van der Waals surface area contributed by atoms with Crippen LogP contribution in [0.5, 0.6) is 11.5 Å². The number of aryl methyl sites for hydroxylation is 1. The van der Waals surface area contributed by atoms with Gasteiger partial charge in [-0.2, -0.15) is 0 Å². The van der Waals surface area contributed by atoms with Gasteiger partial charge in [-0.15, -0.1) is 0 Å².